The van der Waals surface area contributed by atoms with Crippen molar-refractivity contribution in [1.29, 1.82) is 0 Å². The number of primary amides is 1. The van der Waals surface area contributed by atoms with Crippen LogP contribution in [0.5, 0.6) is 0 Å². The minimum absolute atomic E-state index is 0.00472. The van der Waals surface area contributed by atoms with E-state index in [1.807, 2.05) is 6.07 Å². The maximum atomic E-state index is 14.1. The van der Waals surface area contributed by atoms with Crippen molar-refractivity contribution in [2.45, 2.75) is 0 Å². The molecule has 0 aliphatic rings. The van der Waals surface area contributed by atoms with Crippen LogP contribution < -0.4 is 5.73 Å². The van der Waals surface area contributed by atoms with Crippen LogP contribution in [0.3, 0.4) is 0 Å². The van der Waals surface area contributed by atoms with Gasteiger partial charge in [-0.2, -0.15) is 0 Å². The van der Waals surface area contributed by atoms with E-state index in [4.69, 9.17) is 17.3 Å². The molecule has 0 aliphatic heterocycles. The highest BCUT2D eigenvalue weighted by Gasteiger charge is 2.17. The zero-order chi connectivity index (χ0) is 15.7. The molecule has 0 unspecified atom stereocenters. The fourth-order valence-corrected chi connectivity index (χ4v) is 2.54. The summed E-state index contributed by atoms with van der Waals surface area (Å²) >= 11 is 6.02. The molecule has 22 heavy (non-hydrogen) atoms. The van der Waals surface area contributed by atoms with Gasteiger partial charge in [0.25, 0.3) is 0 Å². The number of hydrogen-bond donors (Lipinski definition) is 2. The van der Waals surface area contributed by atoms with Crippen molar-refractivity contribution in [2.75, 3.05) is 0 Å². The van der Waals surface area contributed by atoms with Crippen LogP contribution in [0.2, 0.25) is 5.02 Å². The van der Waals surface area contributed by atoms with Gasteiger partial charge in [0.2, 0.25) is 5.91 Å². The van der Waals surface area contributed by atoms with Gasteiger partial charge in [0, 0.05) is 28.9 Å². The van der Waals surface area contributed by atoms with E-state index in [0.29, 0.717) is 11.2 Å². The standard InChI is InChI=1S/C16H11ClFN3O/c17-12-4-1-5-13(18)14(12)11(15(19)22)7-9-8-21-16-10(9)3-2-6-20-16/h1-8H,(H2,19,22)(H,20,21)/b11-7-. The number of benzene rings is 1. The summed E-state index contributed by atoms with van der Waals surface area (Å²) in [5, 5.41) is 0.928. The van der Waals surface area contributed by atoms with Crippen LogP contribution in [0.25, 0.3) is 22.7 Å². The fourth-order valence-electron chi connectivity index (χ4n) is 2.27. The summed E-state index contributed by atoms with van der Waals surface area (Å²) in [6, 6.07) is 7.82. The SMILES string of the molecule is NC(=O)/C(=C\c1c[nH]c2ncccc12)c1c(F)cccc1Cl. The number of nitrogens with zero attached hydrogens (tertiary/aromatic N) is 1. The number of halogens is 2. The third-order valence-corrected chi connectivity index (χ3v) is 3.60. The maximum Gasteiger partial charge on any atom is 0.249 e. The molecular weight excluding hydrogens is 305 g/mol. The van der Waals surface area contributed by atoms with Gasteiger partial charge in [-0.05, 0) is 30.3 Å². The smallest absolute Gasteiger partial charge is 0.249 e. The molecule has 3 rings (SSSR count). The molecule has 0 bridgehead atoms. The lowest BCUT2D eigenvalue weighted by atomic mass is 10.0. The second kappa shape index (κ2) is 5.61. The summed E-state index contributed by atoms with van der Waals surface area (Å²) in [4.78, 5) is 18.9. The number of carbonyl (C=O) groups excluding carboxylic acids is 1. The Morgan fingerprint density at radius 2 is 2.14 bits per heavy atom. The molecule has 2 heterocycles. The largest absolute Gasteiger partial charge is 0.366 e. The van der Waals surface area contributed by atoms with E-state index in [9.17, 15) is 9.18 Å². The highest BCUT2D eigenvalue weighted by atomic mass is 35.5. The monoisotopic (exact) mass is 315 g/mol. The zero-order valence-electron chi connectivity index (χ0n) is 11.3. The van der Waals surface area contributed by atoms with Gasteiger partial charge in [-0.15, -0.1) is 0 Å². The summed E-state index contributed by atoms with van der Waals surface area (Å²) in [6.45, 7) is 0. The molecular formula is C16H11ClFN3O. The number of amides is 1. The Morgan fingerprint density at radius 1 is 1.32 bits per heavy atom. The van der Waals surface area contributed by atoms with E-state index in [1.54, 1.807) is 18.5 Å². The second-order valence-corrected chi connectivity index (χ2v) is 5.07. The molecule has 3 N–H and O–H groups in total. The van der Waals surface area contributed by atoms with Crippen LogP contribution in [0, 0.1) is 5.82 Å². The topological polar surface area (TPSA) is 71.8 Å². The lowest BCUT2D eigenvalue weighted by Crippen LogP contribution is -2.14. The van der Waals surface area contributed by atoms with Gasteiger partial charge in [0.15, 0.2) is 0 Å². The quantitative estimate of drug-likeness (QED) is 0.727. The normalized spacial score (nSPS) is 11.8. The van der Waals surface area contributed by atoms with Crippen molar-refractivity contribution in [3.63, 3.8) is 0 Å². The summed E-state index contributed by atoms with van der Waals surface area (Å²) in [5.74, 6) is -1.36. The molecule has 0 aliphatic carbocycles. The van der Waals surface area contributed by atoms with Gasteiger partial charge in [-0.1, -0.05) is 17.7 Å². The lowest BCUT2D eigenvalue weighted by Gasteiger charge is -2.07. The number of hydrogen-bond acceptors (Lipinski definition) is 2. The number of rotatable bonds is 3. The van der Waals surface area contributed by atoms with Crippen molar-refractivity contribution in [3.05, 3.63) is 64.7 Å². The van der Waals surface area contributed by atoms with E-state index >= 15 is 0 Å². The molecule has 2 aromatic heterocycles. The third kappa shape index (κ3) is 2.46. The van der Waals surface area contributed by atoms with Gasteiger partial charge < -0.3 is 10.7 Å². The van der Waals surface area contributed by atoms with Crippen LogP contribution in [-0.4, -0.2) is 15.9 Å². The average Bonchev–Trinajstić information content (AvgIpc) is 2.89. The summed E-state index contributed by atoms with van der Waals surface area (Å²) < 4.78 is 14.1. The fraction of sp³-hybridized carbons (Fsp3) is 0. The van der Waals surface area contributed by atoms with Gasteiger partial charge in [0.1, 0.15) is 11.5 Å². The third-order valence-electron chi connectivity index (χ3n) is 3.28. The molecule has 0 atom stereocenters. The van der Waals surface area contributed by atoms with Gasteiger partial charge in [-0.25, -0.2) is 9.37 Å². The van der Waals surface area contributed by atoms with Crippen molar-refractivity contribution in [1.82, 2.24) is 9.97 Å². The van der Waals surface area contributed by atoms with E-state index in [2.05, 4.69) is 9.97 Å². The second-order valence-electron chi connectivity index (χ2n) is 4.66. The summed E-state index contributed by atoms with van der Waals surface area (Å²) in [7, 11) is 0. The van der Waals surface area contributed by atoms with Gasteiger partial charge in [-0.3, -0.25) is 4.79 Å². The highest BCUT2D eigenvalue weighted by Crippen LogP contribution is 2.29. The Bertz CT molecular complexity index is 881. The van der Waals surface area contributed by atoms with Crippen LogP contribution in [-0.2, 0) is 4.79 Å². The van der Waals surface area contributed by atoms with Crippen LogP contribution >= 0.6 is 11.6 Å². The molecule has 4 nitrogen and oxygen atoms in total. The molecule has 0 radical (unpaired) electrons. The van der Waals surface area contributed by atoms with E-state index in [1.165, 1.54) is 24.3 Å². The molecule has 1 amide bonds. The van der Waals surface area contributed by atoms with E-state index in [-0.39, 0.29) is 16.2 Å². The summed E-state index contributed by atoms with van der Waals surface area (Å²) in [6.07, 6.45) is 4.83. The van der Waals surface area contributed by atoms with Crippen LogP contribution in [0.15, 0.2) is 42.7 Å². The number of fused-ring (bicyclic) bond motifs is 1. The molecule has 0 fully saturated rings. The summed E-state index contributed by atoms with van der Waals surface area (Å²) in [5.41, 5.74) is 6.75. The zero-order valence-corrected chi connectivity index (χ0v) is 12.1. The minimum Gasteiger partial charge on any atom is -0.366 e. The first-order valence-electron chi connectivity index (χ1n) is 6.46. The van der Waals surface area contributed by atoms with Crippen LogP contribution in [0.4, 0.5) is 4.39 Å². The van der Waals surface area contributed by atoms with Crippen molar-refractivity contribution in [2.24, 2.45) is 5.73 Å². The number of nitrogens with one attached hydrogen (secondary N) is 1. The number of aromatic nitrogens is 2. The molecule has 6 heteroatoms. The Kier molecular flexibility index (Phi) is 3.65. The first-order valence-corrected chi connectivity index (χ1v) is 6.83. The van der Waals surface area contributed by atoms with Crippen LogP contribution in [0.1, 0.15) is 11.1 Å². The average molecular weight is 316 g/mol. The van der Waals surface area contributed by atoms with Gasteiger partial charge >= 0.3 is 0 Å². The van der Waals surface area contributed by atoms with Crippen molar-refractivity contribution in [3.8, 4) is 0 Å². The van der Waals surface area contributed by atoms with E-state index in [0.717, 1.165) is 5.39 Å². The molecule has 0 saturated heterocycles. The first-order chi connectivity index (χ1) is 10.6. The molecule has 0 spiro atoms. The Morgan fingerprint density at radius 3 is 2.86 bits per heavy atom. The Hall–Kier alpha value is -2.66. The van der Waals surface area contributed by atoms with E-state index < -0.39 is 11.7 Å². The number of pyridine rings is 1. The molecule has 1 aromatic carbocycles. The Balaban J connectivity index is 2.22. The molecule has 3 aromatic rings. The highest BCUT2D eigenvalue weighted by molar-refractivity contribution is 6.36. The predicted molar refractivity (Wildman–Crippen MR) is 84.6 cm³/mol. The first kappa shape index (κ1) is 14.3. The number of aromatic amines is 1. The van der Waals surface area contributed by atoms with Gasteiger partial charge in [0.05, 0.1) is 10.6 Å². The minimum atomic E-state index is -0.759. The van der Waals surface area contributed by atoms with Crippen molar-refractivity contribution >= 4 is 40.2 Å². The lowest BCUT2D eigenvalue weighted by molar-refractivity contribution is -0.112. The number of nitrogens with two attached hydrogens (primary N) is 1. The number of carbonyl (C=O) groups is 1. The predicted octanol–water partition coefficient (Wildman–Crippen LogP) is 3.38. The maximum absolute atomic E-state index is 14.1. The molecule has 110 valence electrons. The van der Waals surface area contributed by atoms with Crippen molar-refractivity contribution < 1.29 is 9.18 Å². The Labute approximate surface area is 130 Å². The molecule has 0 saturated carbocycles. The number of H-pyrrole nitrogens is 1.